The Kier molecular flexibility index (Phi) is 5.83. The van der Waals surface area contributed by atoms with Crippen molar-refractivity contribution in [1.82, 2.24) is 4.90 Å². The van der Waals surface area contributed by atoms with Crippen LogP contribution in [-0.2, 0) is 16.1 Å². The lowest BCUT2D eigenvalue weighted by atomic mass is 10.1. The van der Waals surface area contributed by atoms with Gasteiger partial charge < -0.3 is 9.47 Å². The second-order valence-corrected chi connectivity index (χ2v) is 4.12. The predicted molar refractivity (Wildman–Crippen MR) is 70.7 cm³/mol. The number of nitriles is 1. The third kappa shape index (κ3) is 4.60. The summed E-state index contributed by atoms with van der Waals surface area (Å²) in [6.45, 7) is 2.86. The minimum absolute atomic E-state index is 0.202. The van der Waals surface area contributed by atoms with Crippen LogP contribution in [0.3, 0.4) is 0 Å². The largest absolute Gasteiger partial charge is 0.496 e. The molecule has 5 nitrogen and oxygen atoms in total. The maximum absolute atomic E-state index is 11.4. The maximum Gasteiger partial charge on any atom is 0.320 e. The summed E-state index contributed by atoms with van der Waals surface area (Å²) in [4.78, 5) is 13.2. The Hall–Kier alpha value is -2.06. The Balaban J connectivity index is 2.75. The van der Waals surface area contributed by atoms with E-state index >= 15 is 0 Å². The van der Waals surface area contributed by atoms with Gasteiger partial charge in [-0.05, 0) is 32.2 Å². The van der Waals surface area contributed by atoms with Gasteiger partial charge in [-0.3, -0.25) is 9.69 Å². The zero-order chi connectivity index (χ0) is 14.3. The molecular formula is C14H18N2O3. The van der Waals surface area contributed by atoms with Crippen LogP contribution < -0.4 is 4.74 Å². The van der Waals surface area contributed by atoms with Gasteiger partial charge in [0.1, 0.15) is 5.75 Å². The Bertz CT molecular complexity index is 480. The van der Waals surface area contributed by atoms with Gasteiger partial charge in [-0.2, -0.15) is 5.26 Å². The molecule has 0 spiro atoms. The molecule has 5 heteroatoms. The number of methoxy groups -OCH3 is 1. The van der Waals surface area contributed by atoms with Crippen LogP contribution in [0.25, 0.3) is 0 Å². The third-order valence-electron chi connectivity index (χ3n) is 2.55. The van der Waals surface area contributed by atoms with Crippen LogP contribution in [0, 0.1) is 11.3 Å². The molecule has 0 fully saturated rings. The second kappa shape index (κ2) is 7.39. The molecule has 0 unspecified atom stereocenters. The van der Waals surface area contributed by atoms with Crippen LogP contribution in [0.15, 0.2) is 18.2 Å². The van der Waals surface area contributed by atoms with E-state index in [1.807, 2.05) is 11.9 Å². The van der Waals surface area contributed by atoms with E-state index in [0.717, 1.165) is 5.56 Å². The molecule has 0 saturated carbocycles. The molecule has 0 aliphatic heterocycles. The van der Waals surface area contributed by atoms with Crippen molar-refractivity contribution in [3.63, 3.8) is 0 Å². The van der Waals surface area contributed by atoms with Crippen LogP contribution >= 0.6 is 0 Å². The minimum Gasteiger partial charge on any atom is -0.496 e. The lowest BCUT2D eigenvalue weighted by Gasteiger charge is -2.17. The van der Waals surface area contributed by atoms with E-state index in [1.54, 1.807) is 32.2 Å². The zero-order valence-corrected chi connectivity index (χ0v) is 11.5. The van der Waals surface area contributed by atoms with E-state index in [-0.39, 0.29) is 12.5 Å². The zero-order valence-electron chi connectivity index (χ0n) is 11.5. The number of hydrogen-bond donors (Lipinski definition) is 0. The highest BCUT2D eigenvalue weighted by molar-refractivity contribution is 5.71. The molecule has 19 heavy (non-hydrogen) atoms. The van der Waals surface area contributed by atoms with Gasteiger partial charge >= 0.3 is 5.97 Å². The maximum atomic E-state index is 11.4. The van der Waals surface area contributed by atoms with Crippen molar-refractivity contribution < 1.29 is 14.3 Å². The van der Waals surface area contributed by atoms with E-state index in [1.165, 1.54) is 0 Å². The number of nitrogens with zero attached hydrogens (tertiary/aromatic N) is 2. The first kappa shape index (κ1) is 15.0. The topological polar surface area (TPSA) is 62.6 Å². The Morgan fingerprint density at radius 1 is 1.47 bits per heavy atom. The monoisotopic (exact) mass is 262 g/mol. The highest BCUT2D eigenvalue weighted by Crippen LogP contribution is 2.20. The van der Waals surface area contributed by atoms with Crippen molar-refractivity contribution in [2.75, 3.05) is 27.3 Å². The molecule has 1 rings (SSSR count). The van der Waals surface area contributed by atoms with Gasteiger partial charge in [-0.15, -0.1) is 0 Å². The Labute approximate surface area is 113 Å². The first-order chi connectivity index (χ1) is 9.10. The summed E-state index contributed by atoms with van der Waals surface area (Å²) in [5.74, 6) is 0.440. The molecule has 102 valence electrons. The number of ether oxygens (including phenoxy) is 2. The van der Waals surface area contributed by atoms with Gasteiger partial charge in [0.2, 0.25) is 0 Å². The second-order valence-electron chi connectivity index (χ2n) is 4.12. The first-order valence-corrected chi connectivity index (χ1v) is 6.01. The van der Waals surface area contributed by atoms with Crippen molar-refractivity contribution >= 4 is 5.97 Å². The summed E-state index contributed by atoms with van der Waals surface area (Å²) in [5, 5.41) is 8.90. The molecule has 0 N–H and O–H groups in total. The average molecular weight is 262 g/mol. The standard InChI is InChI=1S/C14H18N2O3/c1-4-19-14(17)10-16(2)9-12-7-11(8-15)5-6-13(12)18-3/h5-7H,4,9-10H2,1-3H3. The molecule has 0 heterocycles. The molecule has 0 radical (unpaired) electrons. The SMILES string of the molecule is CCOC(=O)CN(C)Cc1cc(C#N)ccc1OC. The highest BCUT2D eigenvalue weighted by Gasteiger charge is 2.11. The van der Waals surface area contributed by atoms with Crippen LogP contribution in [0.1, 0.15) is 18.1 Å². The number of carbonyl (C=O) groups excluding carboxylic acids is 1. The van der Waals surface area contributed by atoms with Crippen LogP contribution in [-0.4, -0.2) is 38.2 Å². The van der Waals surface area contributed by atoms with Crippen molar-refractivity contribution in [1.29, 1.82) is 5.26 Å². The summed E-state index contributed by atoms with van der Waals surface area (Å²) >= 11 is 0. The fourth-order valence-electron chi connectivity index (χ4n) is 1.75. The molecule has 0 aromatic heterocycles. The Morgan fingerprint density at radius 3 is 2.79 bits per heavy atom. The van der Waals surface area contributed by atoms with Gasteiger partial charge in [-0.1, -0.05) is 0 Å². The van der Waals surface area contributed by atoms with Crippen molar-refractivity contribution in [3.8, 4) is 11.8 Å². The molecule has 0 aliphatic carbocycles. The normalized spacial score (nSPS) is 10.1. The Morgan fingerprint density at radius 2 is 2.21 bits per heavy atom. The average Bonchev–Trinajstić information content (AvgIpc) is 2.38. The predicted octanol–water partition coefficient (Wildman–Crippen LogP) is 1.56. The summed E-state index contributed by atoms with van der Waals surface area (Å²) in [6, 6.07) is 7.31. The molecule has 0 bridgehead atoms. The summed E-state index contributed by atoms with van der Waals surface area (Å²) < 4.78 is 10.1. The third-order valence-corrected chi connectivity index (χ3v) is 2.55. The van der Waals surface area contributed by atoms with E-state index in [9.17, 15) is 4.79 Å². The van der Waals surface area contributed by atoms with E-state index in [4.69, 9.17) is 14.7 Å². The molecule has 1 aromatic rings. The van der Waals surface area contributed by atoms with Crippen molar-refractivity contribution in [3.05, 3.63) is 29.3 Å². The quantitative estimate of drug-likeness (QED) is 0.728. The van der Waals surface area contributed by atoms with Gasteiger partial charge in [0.15, 0.2) is 0 Å². The lowest BCUT2D eigenvalue weighted by molar-refractivity contribution is -0.144. The fraction of sp³-hybridized carbons (Fsp3) is 0.429. The van der Waals surface area contributed by atoms with Gasteiger partial charge in [0.05, 0.1) is 31.9 Å². The molecule has 0 amide bonds. The summed E-state index contributed by atoms with van der Waals surface area (Å²) in [5.41, 5.74) is 1.44. The molecule has 1 aromatic carbocycles. The van der Waals surface area contributed by atoms with Gasteiger partial charge in [0, 0.05) is 12.1 Å². The molecule has 0 aliphatic rings. The van der Waals surface area contributed by atoms with Crippen LogP contribution in [0.4, 0.5) is 0 Å². The number of carbonyl (C=O) groups is 1. The molecule has 0 atom stereocenters. The number of benzene rings is 1. The molecule has 0 saturated heterocycles. The fourth-order valence-corrected chi connectivity index (χ4v) is 1.75. The van der Waals surface area contributed by atoms with E-state index < -0.39 is 0 Å². The number of esters is 1. The number of rotatable bonds is 6. The van der Waals surface area contributed by atoms with E-state index in [2.05, 4.69) is 6.07 Å². The molecular weight excluding hydrogens is 244 g/mol. The van der Waals surface area contributed by atoms with Crippen LogP contribution in [0.5, 0.6) is 5.75 Å². The summed E-state index contributed by atoms with van der Waals surface area (Å²) in [6.07, 6.45) is 0. The lowest BCUT2D eigenvalue weighted by Crippen LogP contribution is -2.27. The smallest absolute Gasteiger partial charge is 0.320 e. The first-order valence-electron chi connectivity index (χ1n) is 6.01. The van der Waals surface area contributed by atoms with Gasteiger partial charge in [-0.25, -0.2) is 0 Å². The summed E-state index contributed by atoms with van der Waals surface area (Å²) in [7, 11) is 3.39. The number of hydrogen-bond acceptors (Lipinski definition) is 5. The highest BCUT2D eigenvalue weighted by atomic mass is 16.5. The van der Waals surface area contributed by atoms with Crippen LogP contribution in [0.2, 0.25) is 0 Å². The minimum atomic E-state index is -0.264. The number of likely N-dealkylation sites (N-methyl/N-ethyl adjacent to an activating group) is 1. The van der Waals surface area contributed by atoms with E-state index in [0.29, 0.717) is 24.5 Å². The van der Waals surface area contributed by atoms with Crippen molar-refractivity contribution in [2.24, 2.45) is 0 Å². The van der Waals surface area contributed by atoms with Gasteiger partial charge in [0.25, 0.3) is 0 Å². The van der Waals surface area contributed by atoms with Crippen molar-refractivity contribution in [2.45, 2.75) is 13.5 Å².